The van der Waals surface area contributed by atoms with E-state index in [-0.39, 0.29) is 5.75 Å². The van der Waals surface area contributed by atoms with Crippen LogP contribution in [0.15, 0.2) is 18.2 Å². The van der Waals surface area contributed by atoms with Crippen LogP contribution >= 0.6 is 0 Å². The molecule has 2 unspecified atom stereocenters. The van der Waals surface area contributed by atoms with Gasteiger partial charge in [-0.15, -0.1) is 0 Å². The topological polar surface area (TPSA) is 76.6 Å². The Balaban J connectivity index is 1.96. The highest BCUT2D eigenvalue weighted by atomic mass is 16.4. The molecule has 22 heavy (non-hydrogen) atoms. The maximum atomic E-state index is 11.8. The average Bonchev–Trinajstić information content (AvgIpc) is 2.85. The van der Waals surface area contributed by atoms with E-state index in [9.17, 15) is 15.0 Å². The summed E-state index contributed by atoms with van der Waals surface area (Å²) in [5.41, 5.74) is 2.66. The summed E-state index contributed by atoms with van der Waals surface area (Å²) >= 11 is 0. The molecule has 0 spiro atoms. The Hall–Kier alpha value is -2.01. The molecule has 0 saturated carbocycles. The lowest BCUT2D eigenvalue weighted by Crippen LogP contribution is -2.58. The van der Waals surface area contributed by atoms with Crippen molar-refractivity contribution >= 4 is 16.9 Å². The molecule has 5 nitrogen and oxygen atoms in total. The predicted molar refractivity (Wildman–Crippen MR) is 83.0 cm³/mol. The van der Waals surface area contributed by atoms with Crippen LogP contribution in [0.1, 0.15) is 31.0 Å². The molecule has 0 bridgehead atoms. The van der Waals surface area contributed by atoms with Crippen LogP contribution in [0.4, 0.5) is 0 Å². The Labute approximate surface area is 128 Å². The molecule has 2 aromatic rings. The Morgan fingerprint density at radius 2 is 2.23 bits per heavy atom. The maximum absolute atomic E-state index is 11.8. The summed E-state index contributed by atoms with van der Waals surface area (Å²) in [7, 11) is 0. The zero-order valence-corrected chi connectivity index (χ0v) is 12.6. The first-order valence-electron chi connectivity index (χ1n) is 7.83. The van der Waals surface area contributed by atoms with Gasteiger partial charge in [0.15, 0.2) is 0 Å². The van der Waals surface area contributed by atoms with Crippen LogP contribution in [0.3, 0.4) is 0 Å². The molecule has 0 aliphatic carbocycles. The number of nitrogens with zero attached hydrogens (tertiary/aromatic N) is 1. The number of fused-ring (bicyclic) bond motifs is 5. The van der Waals surface area contributed by atoms with E-state index >= 15 is 0 Å². The van der Waals surface area contributed by atoms with E-state index in [4.69, 9.17) is 0 Å². The molecule has 2 aliphatic rings. The van der Waals surface area contributed by atoms with Crippen LogP contribution in [0.2, 0.25) is 0 Å². The van der Waals surface area contributed by atoms with Gasteiger partial charge in [-0.05, 0) is 56.5 Å². The minimum absolute atomic E-state index is 0.250. The van der Waals surface area contributed by atoms with Crippen molar-refractivity contribution in [3.8, 4) is 5.75 Å². The quantitative estimate of drug-likeness (QED) is 0.756. The number of H-pyrrole nitrogens is 1. The standard InChI is InChI=1S/C17H20N2O3/c1-17-13(16(21)22)3-2-7-19(17)8-6-11-12-9-10(20)4-5-14(12)18-15(11)17/h4-5,9,13,18,20H,2-3,6-8H2,1H3,(H,21,22). The van der Waals surface area contributed by atoms with E-state index in [0.29, 0.717) is 6.42 Å². The highest BCUT2D eigenvalue weighted by molar-refractivity contribution is 5.87. The monoisotopic (exact) mass is 300 g/mol. The van der Waals surface area contributed by atoms with Crippen LogP contribution in [0, 0.1) is 5.92 Å². The summed E-state index contributed by atoms with van der Waals surface area (Å²) in [6, 6.07) is 5.32. The van der Waals surface area contributed by atoms with Crippen molar-refractivity contribution in [2.24, 2.45) is 5.92 Å². The summed E-state index contributed by atoms with van der Waals surface area (Å²) in [4.78, 5) is 17.6. The molecule has 3 N–H and O–H groups in total. The molecule has 2 atom stereocenters. The highest BCUT2D eigenvalue weighted by Gasteiger charge is 2.51. The highest BCUT2D eigenvalue weighted by Crippen LogP contribution is 2.47. The number of carboxylic acids is 1. The summed E-state index contributed by atoms with van der Waals surface area (Å²) in [5, 5.41) is 20.5. The molecule has 0 amide bonds. The second-order valence-electron chi connectivity index (χ2n) is 6.63. The smallest absolute Gasteiger partial charge is 0.308 e. The molecule has 0 radical (unpaired) electrons. The molecule has 1 fully saturated rings. The third kappa shape index (κ3) is 1.66. The van der Waals surface area contributed by atoms with Gasteiger partial charge in [0.2, 0.25) is 0 Å². The molecule has 1 aromatic heterocycles. The van der Waals surface area contributed by atoms with Crippen molar-refractivity contribution in [2.45, 2.75) is 31.7 Å². The third-order valence-corrected chi connectivity index (χ3v) is 5.58. The van der Waals surface area contributed by atoms with Gasteiger partial charge in [-0.25, -0.2) is 0 Å². The number of carbonyl (C=O) groups is 1. The molecular formula is C17H20N2O3. The lowest BCUT2D eigenvalue weighted by atomic mass is 9.72. The fourth-order valence-corrected chi connectivity index (χ4v) is 4.43. The van der Waals surface area contributed by atoms with Gasteiger partial charge in [0, 0.05) is 23.1 Å². The van der Waals surface area contributed by atoms with Gasteiger partial charge in [0.05, 0.1) is 11.5 Å². The van der Waals surface area contributed by atoms with Gasteiger partial charge < -0.3 is 15.2 Å². The predicted octanol–water partition coefficient (Wildman–Crippen LogP) is 2.44. The molecule has 116 valence electrons. The number of aromatic hydroxyl groups is 1. The van der Waals surface area contributed by atoms with Crippen molar-refractivity contribution in [1.29, 1.82) is 0 Å². The average molecular weight is 300 g/mol. The maximum Gasteiger partial charge on any atom is 0.308 e. The van der Waals surface area contributed by atoms with Crippen molar-refractivity contribution in [2.75, 3.05) is 13.1 Å². The molecule has 1 aromatic carbocycles. The first-order valence-corrected chi connectivity index (χ1v) is 7.83. The number of phenolic OH excluding ortho intramolecular Hbond substituents is 1. The van der Waals surface area contributed by atoms with Crippen LogP contribution in [-0.2, 0) is 16.8 Å². The normalized spacial score (nSPS) is 28.3. The number of piperidine rings is 1. The van der Waals surface area contributed by atoms with E-state index in [1.807, 2.05) is 6.07 Å². The number of aromatic amines is 1. The first kappa shape index (κ1) is 13.6. The van der Waals surface area contributed by atoms with Crippen molar-refractivity contribution in [3.05, 3.63) is 29.5 Å². The first-order chi connectivity index (χ1) is 10.5. The number of nitrogens with one attached hydrogen (secondary N) is 1. The summed E-state index contributed by atoms with van der Waals surface area (Å²) < 4.78 is 0. The second kappa shape index (κ2) is 4.49. The van der Waals surface area contributed by atoms with Gasteiger partial charge in [-0.1, -0.05) is 0 Å². The van der Waals surface area contributed by atoms with E-state index in [0.717, 1.165) is 48.1 Å². The molecular weight excluding hydrogens is 280 g/mol. The van der Waals surface area contributed by atoms with Crippen molar-refractivity contribution < 1.29 is 15.0 Å². The fourth-order valence-electron chi connectivity index (χ4n) is 4.43. The second-order valence-corrected chi connectivity index (χ2v) is 6.63. The van der Waals surface area contributed by atoms with Gasteiger partial charge in [-0.3, -0.25) is 9.69 Å². The Bertz CT molecular complexity index is 767. The van der Waals surface area contributed by atoms with Gasteiger partial charge in [0.1, 0.15) is 5.75 Å². The number of hydrogen-bond acceptors (Lipinski definition) is 3. The molecule has 1 saturated heterocycles. The number of hydrogen-bond donors (Lipinski definition) is 3. The van der Waals surface area contributed by atoms with Gasteiger partial charge >= 0.3 is 5.97 Å². The summed E-state index contributed by atoms with van der Waals surface area (Å²) in [6.45, 7) is 3.87. The van der Waals surface area contributed by atoms with Gasteiger partial charge in [0.25, 0.3) is 0 Å². The molecule has 3 heterocycles. The number of phenols is 1. The number of aromatic nitrogens is 1. The minimum atomic E-state index is -0.721. The van der Waals surface area contributed by atoms with Crippen LogP contribution in [0.25, 0.3) is 10.9 Å². The SMILES string of the molecule is CC12c3[nH]c4ccc(O)cc4c3CCN1CCCC2C(=O)O. The Morgan fingerprint density at radius 1 is 1.41 bits per heavy atom. The summed E-state index contributed by atoms with van der Waals surface area (Å²) in [6.07, 6.45) is 2.53. The zero-order valence-electron chi connectivity index (χ0n) is 12.6. The number of aliphatic carboxylic acids is 1. The Kier molecular flexibility index (Phi) is 2.78. The largest absolute Gasteiger partial charge is 0.508 e. The molecule has 4 rings (SSSR count). The van der Waals surface area contributed by atoms with E-state index in [1.54, 1.807) is 12.1 Å². The molecule has 2 aliphatic heterocycles. The lowest BCUT2D eigenvalue weighted by Gasteiger charge is -2.51. The minimum Gasteiger partial charge on any atom is -0.508 e. The van der Waals surface area contributed by atoms with Crippen LogP contribution < -0.4 is 0 Å². The Morgan fingerprint density at radius 3 is 3.00 bits per heavy atom. The van der Waals surface area contributed by atoms with Crippen molar-refractivity contribution in [1.82, 2.24) is 9.88 Å². The van der Waals surface area contributed by atoms with Crippen LogP contribution in [0.5, 0.6) is 5.75 Å². The zero-order chi connectivity index (χ0) is 15.5. The van der Waals surface area contributed by atoms with Crippen molar-refractivity contribution in [3.63, 3.8) is 0 Å². The number of benzene rings is 1. The lowest BCUT2D eigenvalue weighted by molar-refractivity contribution is -0.152. The fraction of sp³-hybridized carbons (Fsp3) is 0.471. The summed E-state index contributed by atoms with van der Waals surface area (Å²) in [5.74, 6) is -0.871. The number of carboxylic acid groups (broad SMARTS) is 1. The van der Waals surface area contributed by atoms with Gasteiger partial charge in [-0.2, -0.15) is 0 Å². The number of rotatable bonds is 1. The van der Waals surface area contributed by atoms with E-state index < -0.39 is 17.4 Å². The van der Waals surface area contributed by atoms with E-state index in [1.165, 1.54) is 0 Å². The van der Waals surface area contributed by atoms with Crippen LogP contribution in [-0.4, -0.2) is 39.2 Å². The third-order valence-electron chi connectivity index (χ3n) is 5.58. The molecule has 5 heteroatoms. The van der Waals surface area contributed by atoms with E-state index in [2.05, 4.69) is 16.8 Å².